The lowest BCUT2D eigenvalue weighted by atomic mass is 10.1. The summed E-state index contributed by atoms with van der Waals surface area (Å²) in [6.45, 7) is 3.33. The summed E-state index contributed by atoms with van der Waals surface area (Å²) in [6.07, 6.45) is 0. The first-order valence-corrected chi connectivity index (χ1v) is 7.65. The molecule has 6 heteroatoms. The highest BCUT2D eigenvalue weighted by atomic mass is 32.2. The predicted molar refractivity (Wildman–Crippen MR) is 77.9 cm³/mol. The Morgan fingerprint density at radius 3 is 2.70 bits per heavy atom. The molecule has 0 aromatic heterocycles. The Kier molecular flexibility index (Phi) is 5.72. The van der Waals surface area contributed by atoms with Gasteiger partial charge in [0.1, 0.15) is 0 Å². The lowest BCUT2D eigenvalue weighted by Gasteiger charge is -2.15. The van der Waals surface area contributed by atoms with Crippen LogP contribution in [0.25, 0.3) is 0 Å². The molecule has 1 aromatic carbocycles. The number of sulfonamides is 1. The first-order valence-electron chi connectivity index (χ1n) is 6.10. The molecule has 3 N–H and O–H groups in total. The van der Waals surface area contributed by atoms with Crippen LogP contribution in [0.3, 0.4) is 0 Å². The SMILES string of the molecule is CC(NS(=O)(=O)C(C)C#N)c1cccc(C#CCN)c1. The van der Waals surface area contributed by atoms with Gasteiger partial charge in [-0.1, -0.05) is 24.0 Å². The third-order valence-electron chi connectivity index (χ3n) is 2.71. The number of nitrogens with two attached hydrogens (primary N) is 1. The van der Waals surface area contributed by atoms with Crippen molar-refractivity contribution >= 4 is 10.0 Å². The maximum atomic E-state index is 11.8. The number of hydrogen-bond acceptors (Lipinski definition) is 4. The van der Waals surface area contributed by atoms with Gasteiger partial charge in [0.15, 0.2) is 5.25 Å². The van der Waals surface area contributed by atoms with E-state index in [1.54, 1.807) is 31.2 Å². The molecule has 5 nitrogen and oxygen atoms in total. The summed E-state index contributed by atoms with van der Waals surface area (Å²) in [6, 6.07) is 8.51. The van der Waals surface area contributed by atoms with Crippen molar-refractivity contribution in [1.29, 1.82) is 5.26 Å². The van der Waals surface area contributed by atoms with Gasteiger partial charge in [-0.05, 0) is 31.5 Å². The molecule has 1 aromatic rings. The standard InChI is InChI=1S/C14H17N3O2S/c1-11(10-16)20(18,19)17-12(2)14-7-3-5-13(9-14)6-4-8-15/h3,5,7,9,11-12,17H,8,15H2,1-2H3. The lowest BCUT2D eigenvalue weighted by molar-refractivity contribution is 0.562. The average Bonchev–Trinajstić information content (AvgIpc) is 2.43. The molecule has 2 unspecified atom stereocenters. The fraction of sp³-hybridized carbons (Fsp3) is 0.357. The molecule has 0 aliphatic heterocycles. The molecule has 2 atom stereocenters. The van der Waals surface area contributed by atoms with E-state index in [-0.39, 0.29) is 6.54 Å². The fourth-order valence-electron chi connectivity index (χ4n) is 1.52. The van der Waals surface area contributed by atoms with Crippen molar-refractivity contribution in [2.24, 2.45) is 5.73 Å². The molecule has 0 amide bonds. The molecule has 1 rings (SSSR count). The zero-order valence-electron chi connectivity index (χ0n) is 11.4. The Morgan fingerprint density at radius 2 is 2.10 bits per heavy atom. The smallest absolute Gasteiger partial charge is 0.228 e. The highest BCUT2D eigenvalue weighted by Gasteiger charge is 2.22. The Morgan fingerprint density at radius 1 is 1.40 bits per heavy atom. The molecule has 0 saturated carbocycles. The molecule has 0 spiro atoms. The molecule has 0 aliphatic carbocycles. The van der Waals surface area contributed by atoms with E-state index in [1.165, 1.54) is 6.92 Å². The maximum absolute atomic E-state index is 11.8. The maximum Gasteiger partial charge on any atom is 0.228 e. The van der Waals surface area contributed by atoms with Crippen molar-refractivity contribution in [2.45, 2.75) is 25.1 Å². The second-order valence-electron chi connectivity index (χ2n) is 4.29. The van der Waals surface area contributed by atoms with Crippen molar-refractivity contribution in [2.75, 3.05) is 6.54 Å². The van der Waals surface area contributed by atoms with E-state index in [0.717, 1.165) is 11.1 Å². The molecule has 20 heavy (non-hydrogen) atoms. The predicted octanol–water partition coefficient (Wildman–Crippen LogP) is 0.889. The van der Waals surface area contributed by atoms with Crippen molar-refractivity contribution in [3.05, 3.63) is 35.4 Å². The topological polar surface area (TPSA) is 96.0 Å². The molecule has 0 fully saturated rings. The number of rotatable bonds is 4. The minimum Gasteiger partial charge on any atom is -0.320 e. The minimum atomic E-state index is -3.65. The molecular weight excluding hydrogens is 274 g/mol. The average molecular weight is 291 g/mol. The summed E-state index contributed by atoms with van der Waals surface area (Å²) in [7, 11) is -3.65. The van der Waals surface area contributed by atoms with Gasteiger partial charge >= 0.3 is 0 Å². The van der Waals surface area contributed by atoms with Crippen LogP contribution in [-0.4, -0.2) is 20.2 Å². The minimum absolute atomic E-state index is 0.270. The van der Waals surface area contributed by atoms with Crippen molar-refractivity contribution in [1.82, 2.24) is 4.72 Å². The van der Waals surface area contributed by atoms with Crippen LogP contribution in [-0.2, 0) is 10.0 Å². The summed E-state index contributed by atoms with van der Waals surface area (Å²) in [4.78, 5) is 0. The van der Waals surface area contributed by atoms with Gasteiger partial charge in [0.2, 0.25) is 10.0 Å². The second kappa shape index (κ2) is 7.06. The van der Waals surface area contributed by atoms with Crippen LogP contribution in [0, 0.1) is 23.2 Å². The summed E-state index contributed by atoms with van der Waals surface area (Å²) in [5, 5.41) is 7.60. The van der Waals surface area contributed by atoms with Crippen molar-refractivity contribution in [3.63, 3.8) is 0 Å². The third kappa shape index (κ3) is 4.36. The fourth-order valence-corrected chi connectivity index (χ4v) is 2.50. The zero-order chi connectivity index (χ0) is 15.2. The molecule has 106 valence electrons. The number of hydrogen-bond donors (Lipinski definition) is 2. The molecule has 0 radical (unpaired) electrons. The molecular formula is C14H17N3O2S. The summed E-state index contributed by atoms with van der Waals surface area (Å²) in [5.74, 6) is 5.63. The van der Waals surface area contributed by atoms with E-state index in [0.29, 0.717) is 0 Å². The Bertz CT molecular complexity index is 666. The van der Waals surface area contributed by atoms with Gasteiger partial charge in [0, 0.05) is 11.6 Å². The quantitative estimate of drug-likeness (QED) is 0.805. The number of nitriles is 1. The number of benzene rings is 1. The molecule has 0 bridgehead atoms. The van der Waals surface area contributed by atoms with Gasteiger partial charge in [-0.2, -0.15) is 5.26 Å². The second-order valence-corrected chi connectivity index (χ2v) is 6.32. The Balaban J connectivity index is 2.94. The van der Waals surface area contributed by atoms with Crippen LogP contribution in [0.5, 0.6) is 0 Å². The van der Waals surface area contributed by atoms with E-state index >= 15 is 0 Å². The van der Waals surface area contributed by atoms with Crippen molar-refractivity contribution < 1.29 is 8.42 Å². The normalized spacial score (nSPS) is 13.7. The van der Waals surface area contributed by atoms with Crippen LogP contribution in [0.15, 0.2) is 24.3 Å². The van der Waals surface area contributed by atoms with Crippen LogP contribution in [0.4, 0.5) is 0 Å². The summed E-state index contributed by atoms with van der Waals surface area (Å²) in [5.41, 5.74) is 6.86. The molecule has 0 saturated heterocycles. The van der Waals surface area contributed by atoms with Crippen LogP contribution < -0.4 is 10.5 Å². The van der Waals surface area contributed by atoms with Gasteiger partial charge in [-0.15, -0.1) is 0 Å². The van der Waals surface area contributed by atoms with Crippen LogP contribution in [0.2, 0.25) is 0 Å². The largest absolute Gasteiger partial charge is 0.320 e. The first-order chi connectivity index (χ1) is 9.40. The van der Waals surface area contributed by atoms with Gasteiger partial charge in [0.05, 0.1) is 12.6 Å². The first kappa shape index (κ1) is 16.2. The Hall–Kier alpha value is -1.86. The van der Waals surface area contributed by atoms with Gasteiger partial charge < -0.3 is 5.73 Å². The molecule has 0 aliphatic rings. The van der Waals surface area contributed by atoms with E-state index in [1.807, 2.05) is 6.07 Å². The van der Waals surface area contributed by atoms with E-state index in [4.69, 9.17) is 11.0 Å². The van der Waals surface area contributed by atoms with E-state index in [9.17, 15) is 8.42 Å². The summed E-state index contributed by atoms with van der Waals surface area (Å²) >= 11 is 0. The van der Waals surface area contributed by atoms with Crippen LogP contribution >= 0.6 is 0 Å². The van der Waals surface area contributed by atoms with Gasteiger partial charge in [-0.3, -0.25) is 0 Å². The number of nitrogens with zero attached hydrogens (tertiary/aromatic N) is 1. The van der Waals surface area contributed by atoms with E-state index < -0.39 is 21.3 Å². The van der Waals surface area contributed by atoms with Gasteiger partial charge in [-0.25, -0.2) is 13.1 Å². The highest BCUT2D eigenvalue weighted by molar-refractivity contribution is 7.90. The van der Waals surface area contributed by atoms with Gasteiger partial charge in [0.25, 0.3) is 0 Å². The highest BCUT2D eigenvalue weighted by Crippen LogP contribution is 2.16. The van der Waals surface area contributed by atoms with Crippen LogP contribution in [0.1, 0.15) is 31.0 Å². The Labute approximate surface area is 119 Å². The van der Waals surface area contributed by atoms with E-state index in [2.05, 4.69) is 16.6 Å². The molecule has 0 heterocycles. The lowest BCUT2D eigenvalue weighted by Crippen LogP contribution is -2.33. The van der Waals surface area contributed by atoms with Crippen molar-refractivity contribution in [3.8, 4) is 17.9 Å². The monoisotopic (exact) mass is 291 g/mol. The summed E-state index contributed by atoms with van der Waals surface area (Å²) < 4.78 is 26.1. The number of nitrogens with one attached hydrogen (secondary N) is 1. The zero-order valence-corrected chi connectivity index (χ0v) is 12.2. The third-order valence-corrected chi connectivity index (χ3v) is 4.43.